The normalized spacial score (nSPS) is 15.6. The zero-order chi connectivity index (χ0) is 15.4. The molecule has 118 valence electrons. The van der Waals surface area contributed by atoms with Gasteiger partial charge in [-0.25, -0.2) is 4.98 Å². The van der Waals surface area contributed by atoms with Crippen molar-refractivity contribution in [2.45, 2.75) is 32.2 Å². The maximum Gasteiger partial charge on any atom is 0.183 e. The molecule has 1 aromatic heterocycles. The summed E-state index contributed by atoms with van der Waals surface area (Å²) in [5.41, 5.74) is 2.17. The van der Waals surface area contributed by atoms with Gasteiger partial charge in [0.25, 0.3) is 0 Å². The number of anilines is 2. The smallest absolute Gasteiger partial charge is 0.183 e. The van der Waals surface area contributed by atoms with Gasteiger partial charge in [-0.15, -0.1) is 11.3 Å². The minimum Gasteiger partial charge on any atom is -0.380 e. The van der Waals surface area contributed by atoms with Crippen LogP contribution in [0.4, 0.5) is 11.4 Å². The molecule has 3 rings (SSSR count). The van der Waals surface area contributed by atoms with Gasteiger partial charge >= 0.3 is 0 Å². The highest BCUT2D eigenvalue weighted by atomic mass is 35.5. The Labute approximate surface area is 145 Å². The lowest BCUT2D eigenvalue weighted by molar-refractivity contribution is 0.726. The van der Waals surface area contributed by atoms with Gasteiger partial charge in [0, 0.05) is 29.9 Å². The van der Waals surface area contributed by atoms with Crippen molar-refractivity contribution in [1.82, 2.24) is 4.98 Å². The molecule has 0 spiro atoms. The Hall–Kier alpha value is -0.970. The van der Waals surface area contributed by atoms with Crippen molar-refractivity contribution in [3.63, 3.8) is 0 Å². The third-order valence-corrected chi connectivity index (χ3v) is 5.30. The molecule has 0 saturated carbocycles. The first-order valence-electron chi connectivity index (χ1n) is 7.61. The molecule has 6 heteroatoms. The first-order valence-corrected chi connectivity index (χ1v) is 9.18. The van der Waals surface area contributed by atoms with E-state index in [0.717, 1.165) is 34.4 Å². The number of thiazole rings is 1. The molecule has 1 aromatic carbocycles. The Morgan fingerprint density at radius 1 is 1.14 bits per heavy atom. The summed E-state index contributed by atoms with van der Waals surface area (Å²) in [5, 5.41) is 4.18. The molecule has 2 heterocycles. The highest BCUT2D eigenvalue weighted by Gasteiger charge is 2.13. The van der Waals surface area contributed by atoms with Crippen LogP contribution in [-0.2, 0) is 6.54 Å². The molecule has 0 radical (unpaired) electrons. The van der Waals surface area contributed by atoms with Gasteiger partial charge in [0.1, 0.15) is 0 Å². The Balaban J connectivity index is 1.66. The highest BCUT2D eigenvalue weighted by Crippen LogP contribution is 2.31. The molecule has 3 nitrogen and oxygen atoms in total. The minimum atomic E-state index is 0.575. The number of nitrogens with one attached hydrogen (secondary N) is 1. The predicted octanol–water partition coefficient (Wildman–Crippen LogP) is 5.44. The molecule has 0 aliphatic carbocycles. The van der Waals surface area contributed by atoms with Gasteiger partial charge in [-0.2, -0.15) is 0 Å². The monoisotopic (exact) mass is 355 g/mol. The summed E-state index contributed by atoms with van der Waals surface area (Å²) in [4.78, 5) is 7.56. The van der Waals surface area contributed by atoms with Crippen molar-refractivity contribution in [2.24, 2.45) is 0 Å². The van der Waals surface area contributed by atoms with Crippen molar-refractivity contribution in [3.05, 3.63) is 38.8 Å². The van der Waals surface area contributed by atoms with Gasteiger partial charge in [-0.3, -0.25) is 0 Å². The third kappa shape index (κ3) is 4.06. The summed E-state index contributed by atoms with van der Waals surface area (Å²) >= 11 is 13.8. The van der Waals surface area contributed by atoms with Crippen LogP contribution in [0.3, 0.4) is 0 Å². The van der Waals surface area contributed by atoms with Crippen LogP contribution in [0.5, 0.6) is 0 Å². The average molecular weight is 356 g/mol. The lowest BCUT2D eigenvalue weighted by Gasteiger charge is -2.24. The van der Waals surface area contributed by atoms with E-state index in [9.17, 15) is 0 Å². The molecule has 0 amide bonds. The molecule has 0 unspecified atom stereocenters. The van der Waals surface area contributed by atoms with Gasteiger partial charge in [-0.05, 0) is 31.0 Å². The van der Waals surface area contributed by atoms with Gasteiger partial charge in [0.15, 0.2) is 4.47 Å². The molecule has 22 heavy (non-hydrogen) atoms. The largest absolute Gasteiger partial charge is 0.380 e. The van der Waals surface area contributed by atoms with E-state index >= 15 is 0 Å². The van der Waals surface area contributed by atoms with Crippen molar-refractivity contribution in [2.75, 3.05) is 23.3 Å². The van der Waals surface area contributed by atoms with E-state index in [1.165, 1.54) is 37.0 Å². The first-order chi connectivity index (χ1) is 10.7. The van der Waals surface area contributed by atoms with Crippen molar-refractivity contribution in [1.29, 1.82) is 0 Å². The SMILES string of the molecule is Clc1ncc(CNc2ccc(N3CCCCCC3)c(Cl)c2)s1. The molecule has 1 fully saturated rings. The summed E-state index contributed by atoms with van der Waals surface area (Å²) in [6, 6.07) is 6.22. The van der Waals surface area contributed by atoms with Crippen molar-refractivity contribution in [3.8, 4) is 0 Å². The number of benzene rings is 1. The summed E-state index contributed by atoms with van der Waals surface area (Å²) < 4.78 is 0.575. The van der Waals surface area contributed by atoms with Crippen LogP contribution in [0, 0.1) is 0 Å². The zero-order valence-electron chi connectivity index (χ0n) is 12.3. The van der Waals surface area contributed by atoms with Gasteiger partial charge in [0.05, 0.1) is 17.3 Å². The van der Waals surface area contributed by atoms with Gasteiger partial charge in [-0.1, -0.05) is 36.0 Å². The Bertz CT molecular complexity index is 622. The standard InChI is InChI=1S/C16H19Cl2N3S/c17-14-9-12(19-10-13-11-20-16(18)22-13)5-6-15(14)21-7-3-1-2-4-8-21/h5-6,9,11,19H,1-4,7-8,10H2. The fourth-order valence-corrected chi connectivity index (χ4v) is 3.96. The quantitative estimate of drug-likeness (QED) is 0.790. The van der Waals surface area contributed by atoms with E-state index in [1.54, 1.807) is 6.20 Å². The topological polar surface area (TPSA) is 28.2 Å². The number of rotatable bonds is 4. The van der Waals surface area contributed by atoms with E-state index in [0.29, 0.717) is 11.0 Å². The molecule has 1 aliphatic rings. The minimum absolute atomic E-state index is 0.575. The van der Waals surface area contributed by atoms with E-state index in [1.807, 2.05) is 6.07 Å². The van der Waals surface area contributed by atoms with Crippen LogP contribution >= 0.6 is 34.5 Å². The van der Waals surface area contributed by atoms with Crippen molar-refractivity contribution < 1.29 is 0 Å². The van der Waals surface area contributed by atoms with Crippen LogP contribution in [0.2, 0.25) is 9.49 Å². The summed E-state index contributed by atoms with van der Waals surface area (Å²) in [6.07, 6.45) is 6.95. The maximum absolute atomic E-state index is 6.49. The Kier molecular flexibility index (Phi) is 5.45. The second-order valence-corrected chi connectivity index (χ2v) is 7.61. The fraction of sp³-hybridized carbons (Fsp3) is 0.438. The first kappa shape index (κ1) is 15.9. The lowest BCUT2D eigenvalue weighted by Crippen LogP contribution is -2.24. The predicted molar refractivity (Wildman–Crippen MR) is 96.6 cm³/mol. The molecule has 2 aromatic rings. The second kappa shape index (κ2) is 7.53. The molecule has 1 N–H and O–H groups in total. The molecule has 1 aliphatic heterocycles. The Morgan fingerprint density at radius 3 is 2.55 bits per heavy atom. The number of nitrogens with zero attached hydrogens (tertiary/aromatic N) is 2. The van der Waals surface area contributed by atoms with E-state index in [-0.39, 0.29) is 0 Å². The number of hydrogen-bond acceptors (Lipinski definition) is 4. The molecule has 1 saturated heterocycles. The fourth-order valence-electron chi connectivity index (χ4n) is 2.74. The Morgan fingerprint density at radius 2 is 1.91 bits per heavy atom. The molecular weight excluding hydrogens is 337 g/mol. The average Bonchev–Trinajstić information content (AvgIpc) is 2.75. The van der Waals surface area contributed by atoms with Crippen LogP contribution in [-0.4, -0.2) is 18.1 Å². The molecule has 0 bridgehead atoms. The second-order valence-electron chi connectivity index (χ2n) is 5.50. The summed E-state index contributed by atoms with van der Waals surface area (Å²) in [7, 11) is 0. The van der Waals surface area contributed by atoms with E-state index in [2.05, 4.69) is 27.3 Å². The maximum atomic E-state index is 6.49. The van der Waals surface area contributed by atoms with Gasteiger partial charge < -0.3 is 10.2 Å². The van der Waals surface area contributed by atoms with Crippen molar-refractivity contribution >= 4 is 45.9 Å². The number of halogens is 2. The summed E-state index contributed by atoms with van der Waals surface area (Å²) in [5.74, 6) is 0. The van der Waals surface area contributed by atoms with Crippen LogP contribution in [0.15, 0.2) is 24.4 Å². The number of aromatic nitrogens is 1. The molecular formula is C16H19Cl2N3S. The zero-order valence-corrected chi connectivity index (χ0v) is 14.6. The van der Waals surface area contributed by atoms with Crippen LogP contribution in [0.1, 0.15) is 30.6 Å². The third-order valence-electron chi connectivity index (χ3n) is 3.89. The van der Waals surface area contributed by atoms with Crippen LogP contribution < -0.4 is 10.2 Å². The van der Waals surface area contributed by atoms with E-state index < -0.39 is 0 Å². The lowest BCUT2D eigenvalue weighted by atomic mass is 10.2. The number of hydrogen-bond donors (Lipinski definition) is 1. The summed E-state index contributed by atoms with van der Waals surface area (Å²) in [6.45, 7) is 2.92. The molecule has 0 atom stereocenters. The van der Waals surface area contributed by atoms with Gasteiger partial charge in [0.2, 0.25) is 0 Å². The highest BCUT2D eigenvalue weighted by molar-refractivity contribution is 7.15. The van der Waals surface area contributed by atoms with Crippen LogP contribution in [0.25, 0.3) is 0 Å². The van der Waals surface area contributed by atoms with E-state index in [4.69, 9.17) is 23.2 Å².